The van der Waals surface area contributed by atoms with Crippen LogP contribution in [-0.4, -0.2) is 66.9 Å². The Bertz CT molecular complexity index is 243. The highest BCUT2D eigenvalue weighted by atomic mass is 32.1. The molecule has 1 N–H and O–H groups in total. The number of nitrogens with one attached hydrogen (secondary N) is 1. The van der Waals surface area contributed by atoms with Crippen LogP contribution in [0.25, 0.3) is 0 Å². The van der Waals surface area contributed by atoms with Gasteiger partial charge in [-0.1, -0.05) is 0 Å². The van der Waals surface area contributed by atoms with Gasteiger partial charge >= 0.3 is 0 Å². The molecule has 1 unspecified atom stereocenters. The molecule has 5 heteroatoms. The average molecular weight is 243 g/mol. The van der Waals surface area contributed by atoms with Gasteiger partial charge in [0.15, 0.2) is 5.11 Å². The number of hydrogen-bond acceptors (Lipinski definition) is 3. The molecule has 2 fully saturated rings. The van der Waals surface area contributed by atoms with E-state index in [4.69, 9.17) is 17.0 Å². The molecule has 0 amide bonds. The Morgan fingerprint density at radius 2 is 2.12 bits per heavy atom. The van der Waals surface area contributed by atoms with Gasteiger partial charge in [0.1, 0.15) is 0 Å². The van der Waals surface area contributed by atoms with Crippen molar-refractivity contribution in [2.45, 2.75) is 19.4 Å². The molecule has 16 heavy (non-hydrogen) atoms. The predicted octanol–water partition coefficient (Wildman–Crippen LogP) is 0.287. The molecule has 2 aliphatic rings. The SMILES string of the molecule is CCNC(=S)N1CCC(N2CCOCC2)C1. The highest BCUT2D eigenvalue weighted by Crippen LogP contribution is 2.16. The van der Waals surface area contributed by atoms with Gasteiger partial charge in [-0.2, -0.15) is 0 Å². The minimum Gasteiger partial charge on any atom is -0.379 e. The molecule has 4 nitrogen and oxygen atoms in total. The number of morpholine rings is 1. The van der Waals surface area contributed by atoms with Crippen molar-refractivity contribution in [2.24, 2.45) is 0 Å². The average Bonchev–Trinajstić information content (AvgIpc) is 2.80. The van der Waals surface area contributed by atoms with Crippen molar-refractivity contribution in [3.63, 3.8) is 0 Å². The second kappa shape index (κ2) is 5.80. The molecule has 2 aliphatic heterocycles. The maximum Gasteiger partial charge on any atom is 0.168 e. The molecule has 0 aromatic heterocycles. The van der Waals surface area contributed by atoms with E-state index in [1.54, 1.807) is 0 Å². The lowest BCUT2D eigenvalue weighted by atomic mass is 10.2. The van der Waals surface area contributed by atoms with Crippen LogP contribution in [-0.2, 0) is 4.74 Å². The Balaban J connectivity index is 1.80. The van der Waals surface area contributed by atoms with Gasteiger partial charge in [0.05, 0.1) is 13.2 Å². The summed E-state index contributed by atoms with van der Waals surface area (Å²) < 4.78 is 5.38. The molecule has 1 atom stereocenters. The molecule has 0 saturated carbocycles. The van der Waals surface area contributed by atoms with Gasteiger partial charge in [0.25, 0.3) is 0 Å². The molecule has 2 rings (SSSR count). The van der Waals surface area contributed by atoms with Crippen molar-refractivity contribution in [3.8, 4) is 0 Å². The topological polar surface area (TPSA) is 27.7 Å². The quantitative estimate of drug-likeness (QED) is 0.704. The van der Waals surface area contributed by atoms with E-state index in [-0.39, 0.29) is 0 Å². The van der Waals surface area contributed by atoms with Gasteiger partial charge in [0.2, 0.25) is 0 Å². The standard InChI is InChI=1S/C11H21N3OS/c1-2-12-11(16)14-4-3-10(9-14)13-5-7-15-8-6-13/h10H,2-9H2,1H3,(H,12,16). The third kappa shape index (κ3) is 2.84. The molecule has 0 aromatic rings. The first kappa shape index (κ1) is 12.1. The molecular weight excluding hydrogens is 222 g/mol. The van der Waals surface area contributed by atoms with E-state index in [2.05, 4.69) is 22.0 Å². The van der Waals surface area contributed by atoms with Gasteiger partial charge in [-0.3, -0.25) is 4.90 Å². The third-order valence-corrected chi connectivity index (χ3v) is 3.74. The Morgan fingerprint density at radius 1 is 1.38 bits per heavy atom. The summed E-state index contributed by atoms with van der Waals surface area (Å²) in [7, 11) is 0. The van der Waals surface area contributed by atoms with Crippen molar-refractivity contribution in [2.75, 3.05) is 45.9 Å². The monoisotopic (exact) mass is 243 g/mol. The molecule has 0 aliphatic carbocycles. The molecule has 92 valence electrons. The summed E-state index contributed by atoms with van der Waals surface area (Å²) in [5.74, 6) is 0. The first-order chi connectivity index (χ1) is 7.81. The molecule has 0 spiro atoms. The Labute approximate surface area is 103 Å². The summed E-state index contributed by atoms with van der Waals surface area (Å²) in [6.45, 7) is 9.08. The van der Waals surface area contributed by atoms with Crippen LogP contribution in [0.1, 0.15) is 13.3 Å². The summed E-state index contributed by atoms with van der Waals surface area (Å²) in [5.41, 5.74) is 0. The number of likely N-dealkylation sites (tertiary alicyclic amines) is 1. The number of ether oxygens (including phenoxy) is 1. The number of nitrogens with zero attached hydrogens (tertiary/aromatic N) is 2. The van der Waals surface area contributed by atoms with Crippen LogP contribution in [0, 0.1) is 0 Å². The Kier molecular flexibility index (Phi) is 4.37. The fraction of sp³-hybridized carbons (Fsp3) is 0.909. The Hall–Kier alpha value is -0.390. The zero-order valence-electron chi connectivity index (χ0n) is 9.95. The minimum atomic E-state index is 0.667. The van der Waals surface area contributed by atoms with Gasteiger partial charge < -0.3 is 15.0 Å². The first-order valence-electron chi connectivity index (χ1n) is 6.16. The van der Waals surface area contributed by atoms with E-state index >= 15 is 0 Å². The number of hydrogen-bond donors (Lipinski definition) is 1. The van der Waals surface area contributed by atoms with Crippen LogP contribution in [0.3, 0.4) is 0 Å². The fourth-order valence-corrected chi connectivity index (χ4v) is 2.74. The predicted molar refractivity (Wildman–Crippen MR) is 68.6 cm³/mol. The third-order valence-electron chi connectivity index (χ3n) is 3.34. The van der Waals surface area contributed by atoms with Gasteiger partial charge in [0, 0.05) is 38.8 Å². The van der Waals surface area contributed by atoms with Crippen LogP contribution in [0.5, 0.6) is 0 Å². The summed E-state index contributed by atoms with van der Waals surface area (Å²) in [6.07, 6.45) is 1.23. The van der Waals surface area contributed by atoms with Crippen LogP contribution >= 0.6 is 12.2 Å². The van der Waals surface area contributed by atoms with Gasteiger partial charge in [-0.25, -0.2) is 0 Å². The zero-order valence-corrected chi connectivity index (χ0v) is 10.8. The van der Waals surface area contributed by atoms with Gasteiger partial charge in [-0.05, 0) is 25.6 Å². The van der Waals surface area contributed by atoms with E-state index in [1.807, 2.05) is 0 Å². The zero-order chi connectivity index (χ0) is 11.4. The molecule has 0 bridgehead atoms. The van der Waals surface area contributed by atoms with E-state index in [0.29, 0.717) is 6.04 Å². The maximum atomic E-state index is 5.38. The summed E-state index contributed by atoms with van der Waals surface area (Å²) in [5, 5.41) is 4.14. The van der Waals surface area contributed by atoms with Crippen molar-refractivity contribution >= 4 is 17.3 Å². The number of rotatable bonds is 2. The molecule has 0 radical (unpaired) electrons. The van der Waals surface area contributed by atoms with Crippen LogP contribution in [0.4, 0.5) is 0 Å². The second-order valence-corrected chi connectivity index (χ2v) is 4.76. The highest BCUT2D eigenvalue weighted by molar-refractivity contribution is 7.80. The smallest absolute Gasteiger partial charge is 0.168 e. The minimum absolute atomic E-state index is 0.667. The van der Waals surface area contributed by atoms with E-state index in [0.717, 1.165) is 51.0 Å². The highest BCUT2D eigenvalue weighted by Gasteiger charge is 2.29. The van der Waals surface area contributed by atoms with Crippen LogP contribution in [0.2, 0.25) is 0 Å². The fourth-order valence-electron chi connectivity index (χ4n) is 2.43. The lowest BCUT2D eigenvalue weighted by Gasteiger charge is -2.32. The summed E-state index contributed by atoms with van der Waals surface area (Å²) >= 11 is 5.34. The van der Waals surface area contributed by atoms with E-state index in [1.165, 1.54) is 6.42 Å². The van der Waals surface area contributed by atoms with Crippen molar-refractivity contribution in [1.82, 2.24) is 15.1 Å². The Morgan fingerprint density at radius 3 is 2.81 bits per heavy atom. The van der Waals surface area contributed by atoms with Crippen LogP contribution in [0.15, 0.2) is 0 Å². The maximum absolute atomic E-state index is 5.38. The van der Waals surface area contributed by atoms with Crippen molar-refractivity contribution in [3.05, 3.63) is 0 Å². The van der Waals surface area contributed by atoms with Crippen molar-refractivity contribution in [1.29, 1.82) is 0 Å². The second-order valence-electron chi connectivity index (χ2n) is 4.37. The molecule has 2 heterocycles. The summed E-state index contributed by atoms with van der Waals surface area (Å²) in [6, 6.07) is 0.667. The van der Waals surface area contributed by atoms with E-state index in [9.17, 15) is 0 Å². The summed E-state index contributed by atoms with van der Waals surface area (Å²) in [4.78, 5) is 4.83. The lowest BCUT2D eigenvalue weighted by Crippen LogP contribution is -2.46. The first-order valence-corrected chi connectivity index (χ1v) is 6.56. The van der Waals surface area contributed by atoms with Gasteiger partial charge in [-0.15, -0.1) is 0 Å². The largest absolute Gasteiger partial charge is 0.379 e. The van der Waals surface area contributed by atoms with E-state index < -0.39 is 0 Å². The van der Waals surface area contributed by atoms with Crippen molar-refractivity contribution < 1.29 is 4.74 Å². The molecular formula is C11H21N3OS. The number of thiocarbonyl (C=S) groups is 1. The lowest BCUT2D eigenvalue weighted by molar-refractivity contribution is 0.0195. The molecule has 0 aromatic carbocycles. The normalized spacial score (nSPS) is 27.1. The molecule has 2 saturated heterocycles. The van der Waals surface area contributed by atoms with Crippen LogP contribution < -0.4 is 5.32 Å².